The van der Waals surface area contributed by atoms with Gasteiger partial charge in [-0.1, -0.05) is 127 Å². The van der Waals surface area contributed by atoms with Crippen LogP contribution in [0, 0.1) is 11.8 Å². The van der Waals surface area contributed by atoms with Gasteiger partial charge in [-0.2, -0.15) is 9.49 Å². The summed E-state index contributed by atoms with van der Waals surface area (Å²) in [4.78, 5) is 68.3. The van der Waals surface area contributed by atoms with Gasteiger partial charge in [0.2, 0.25) is 11.6 Å². The van der Waals surface area contributed by atoms with Gasteiger partial charge in [-0.25, -0.2) is 9.59 Å². The summed E-state index contributed by atoms with van der Waals surface area (Å²) in [5.74, 6) is -1.07. The number of benzene rings is 2. The molecule has 0 heterocycles. The van der Waals surface area contributed by atoms with Gasteiger partial charge in [0.1, 0.15) is 11.4 Å². The monoisotopic (exact) mass is 970 g/mol. The lowest BCUT2D eigenvalue weighted by atomic mass is 9.99. The van der Waals surface area contributed by atoms with E-state index in [2.05, 4.69) is 10.3 Å². The summed E-state index contributed by atoms with van der Waals surface area (Å²) in [7, 11) is -3.96. The van der Waals surface area contributed by atoms with E-state index in [1.54, 1.807) is 24.3 Å². The van der Waals surface area contributed by atoms with Crippen LogP contribution in [0.1, 0.15) is 203 Å². The summed E-state index contributed by atoms with van der Waals surface area (Å²) in [6, 6.07) is 14.7. The zero-order valence-electron chi connectivity index (χ0n) is 40.7. The molecule has 0 unspecified atom stereocenters. The molecule has 0 aromatic heterocycles. The molecule has 10 nitrogen and oxygen atoms in total. The van der Waals surface area contributed by atoms with Crippen molar-refractivity contribution >= 4 is 61.0 Å². The number of nitrogens with zero attached hydrogens (tertiary/aromatic N) is 4. The zero-order valence-corrected chi connectivity index (χ0v) is 43.4. The lowest BCUT2D eigenvalue weighted by Crippen LogP contribution is -2.24. The van der Waals surface area contributed by atoms with Crippen molar-refractivity contribution < 1.29 is 28.9 Å². The molecule has 67 heavy (non-hydrogen) atoms. The predicted octanol–water partition coefficient (Wildman–Crippen LogP) is 16.6. The second-order valence-corrected chi connectivity index (χ2v) is 30.3. The molecule has 2 aromatic rings. The van der Waals surface area contributed by atoms with Crippen molar-refractivity contribution in [1.29, 1.82) is 0 Å². The van der Waals surface area contributed by atoms with Gasteiger partial charge in [0, 0.05) is 32.8 Å². The smallest absolute Gasteiger partial charge is 0.296 e. The Morgan fingerprint density at radius 3 is 0.896 bits per heavy atom. The number of carbonyl (C=O) groups excluding carboxylic acids is 4. The molecule has 0 spiro atoms. The molecule has 6 aliphatic carbocycles. The van der Waals surface area contributed by atoms with Gasteiger partial charge in [-0.3, -0.25) is 19.3 Å². The number of amides is 2. The first kappa shape index (κ1) is 50.3. The fourth-order valence-electron chi connectivity index (χ4n) is 13.3. The van der Waals surface area contributed by atoms with Crippen molar-refractivity contribution in [3.8, 4) is 0 Å². The van der Waals surface area contributed by atoms with Crippen molar-refractivity contribution in [2.24, 2.45) is 31.6 Å². The summed E-state index contributed by atoms with van der Waals surface area (Å²) >= 11 is 1.52. The maximum absolute atomic E-state index is 13.9. The summed E-state index contributed by atoms with van der Waals surface area (Å²) < 4.78 is 10.3. The van der Waals surface area contributed by atoms with Crippen LogP contribution in [-0.4, -0.2) is 69.1 Å². The van der Waals surface area contributed by atoms with Crippen LogP contribution in [0.3, 0.4) is 0 Å². The van der Waals surface area contributed by atoms with Crippen LogP contribution >= 0.6 is 25.9 Å². The Bertz CT molecular complexity index is 1980. The molecule has 2 aromatic carbocycles. The van der Waals surface area contributed by atoms with Crippen LogP contribution < -0.4 is 0 Å². The first-order valence-electron chi connectivity index (χ1n) is 26.3. The summed E-state index contributed by atoms with van der Waals surface area (Å²) in [6.07, 6.45) is 27.5. The highest BCUT2D eigenvalue weighted by molar-refractivity contribution is 7.99. The Hall–Kier alpha value is -3.13. The Morgan fingerprint density at radius 2 is 0.672 bits per heavy atom. The van der Waals surface area contributed by atoms with E-state index >= 15 is 0 Å². The van der Waals surface area contributed by atoms with Crippen LogP contribution in [0.2, 0.25) is 0 Å². The number of carbonyl (C=O) groups is 4. The van der Waals surface area contributed by atoms with Crippen LogP contribution in [0.15, 0.2) is 78.1 Å². The van der Waals surface area contributed by atoms with Gasteiger partial charge in [0.25, 0.3) is 0 Å². The second kappa shape index (κ2) is 23.2. The summed E-state index contributed by atoms with van der Waals surface area (Å²) in [6.45, 7) is 7.56. The van der Waals surface area contributed by atoms with E-state index in [0.717, 1.165) is 9.79 Å². The predicted molar refractivity (Wildman–Crippen MR) is 275 cm³/mol. The summed E-state index contributed by atoms with van der Waals surface area (Å²) in [5.41, 5.74) is 4.45. The van der Waals surface area contributed by atoms with Crippen LogP contribution in [-0.2, 0) is 9.68 Å². The molecule has 6 aliphatic rings. The molecule has 13 heteroatoms. The molecule has 0 saturated heterocycles. The number of hydrogen-bond donors (Lipinski definition) is 0. The highest BCUT2D eigenvalue weighted by atomic mass is 32.2. The lowest BCUT2D eigenvalue weighted by molar-refractivity contribution is 0.104. The molecule has 0 N–H and O–H groups in total. The van der Waals surface area contributed by atoms with Crippen molar-refractivity contribution in [3.63, 3.8) is 0 Å². The van der Waals surface area contributed by atoms with Gasteiger partial charge in [-0.15, -0.1) is 0 Å². The van der Waals surface area contributed by atoms with E-state index in [0.29, 0.717) is 45.1 Å². The Balaban J connectivity index is 0.920. The number of ketones is 2. The van der Waals surface area contributed by atoms with Crippen molar-refractivity contribution in [2.75, 3.05) is 0 Å². The van der Waals surface area contributed by atoms with Gasteiger partial charge < -0.3 is 0 Å². The van der Waals surface area contributed by atoms with E-state index in [1.807, 2.05) is 52.0 Å². The number of oxime groups is 2. The minimum absolute atomic E-state index is 0.205. The Labute approximate surface area is 404 Å². The topological polar surface area (TPSA) is 136 Å². The minimum Gasteiger partial charge on any atom is -0.296 e. The van der Waals surface area contributed by atoms with E-state index in [4.69, 9.17) is 19.2 Å². The average molecular weight is 971 g/mol. The molecule has 0 radical (unpaired) electrons. The third-order valence-electron chi connectivity index (χ3n) is 16.4. The first-order chi connectivity index (χ1) is 32.5. The van der Waals surface area contributed by atoms with Crippen LogP contribution in [0.4, 0.5) is 9.59 Å². The summed E-state index contributed by atoms with van der Waals surface area (Å²) in [5, 5.41) is 8.50. The first-order valence-corrected chi connectivity index (χ1v) is 31.0. The average Bonchev–Trinajstić information content (AvgIpc) is 4.18. The highest BCUT2D eigenvalue weighted by Gasteiger charge is 2.48. The van der Waals surface area contributed by atoms with E-state index < -0.39 is 26.3 Å². The van der Waals surface area contributed by atoms with E-state index in [1.165, 1.54) is 166 Å². The SMILES string of the molecule is CC(C)/C(=N\OC(=O)N=P(C1CCCC1)(C1CCCC1)C1CCCC1)C(=O)c1ccc(Sc2ccc(C(=O)/C(=N/OC(=O)N=P(C3CCCC3)(C3CCCC3)C3CCCC3)C(C)C)cc2)cc1. The fraction of sp³-hybridized carbons (Fsp3) is 0.667. The highest BCUT2D eigenvalue weighted by Crippen LogP contribution is 2.73. The van der Waals surface area contributed by atoms with E-state index in [-0.39, 0.29) is 34.8 Å². The van der Waals surface area contributed by atoms with Gasteiger partial charge in [0.15, 0.2) is 0 Å². The number of hydrogen-bond acceptors (Lipinski definition) is 9. The Kier molecular flexibility index (Phi) is 17.4. The van der Waals surface area contributed by atoms with Crippen molar-refractivity contribution in [1.82, 2.24) is 0 Å². The number of Topliss-reactive ketones (excluding diaryl/α,β-unsaturated/α-hetero) is 2. The molecule has 0 bridgehead atoms. The zero-order chi connectivity index (χ0) is 47.0. The molecule has 8 rings (SSSR count). The molecular formula is C54H76N4O6P2S. The standard InChI is InChI=1S/C54H76N4O6P2S/c1-37(2)49(55-63-53(61)57-65(41-17-5-6-18-41,42-19-7-8-20-42)43-21-9-10-22-43)51(59)39-29-33-47(34-30-39)67-48-35-31-40(32-36-48)52(60)50(38(3)4)56-64-54(62)58-66(44-23-11-12-24-44,45-25-13-14-26-45)46-27-15-16-28-46/h29-38,41-46H,5-28H2,1-4H3/b55-49+,56-50+. The fourth-order valence-corrected chi connectivity index (χ4v) is 26.4. The molecule has 2 amide bonds. The lowest BCUT2D eigenvalue weighted by Gasteiger charge is -2.40. The van der Waals surface area contributed by atoms with E-state index in [9.17, 15) is 19.2 Å². The van der Waals surface area contributed by atoms with Crippen LogP contribution in [0.25, 0.3) is 0 Å². The minimum atomic E-state index is -1.98. The van der Waals surface area contributed by atoms with Gasteiger partial charge >= 0.3 is 12.2 Å². The second-order valence-electron chi connectivity index (χ2n) is 21.2. The Morgan fingerprint density at radius 1 is 0.433 bits per heavy atom. The number of rotatable bonds is 16. The molecule has 6 fully saturated rings. The quantitative estimate of drug-likeness (QED) is 0.0537. The van der Waals surface area contributed by atoms with Gasteiger partial charge in [0.05, 0.1) is 0 Å². The third-order valence-corrected chi connectivity index (χ3v) is 28.6. The molecule has 364 valence electrons. The third kappa shape index (κ3) is 11.4. The normalized spacial score (nSPS) is 21.3. The molecule has 0 aliphatic heterocycles. The van der Waals surface area contributed by atoms with Gasteiger partial charge in [-0.05, 0) is 174 Å². The van der Waals surface area contributed by atoms with Crippen LogP contribution in [0.5, 0.6) is 0 Å². The largest absolute Gasteiger partial charge is 0.458 e. The maximum Gasteiger partial charge on any atom is 0.458 e. The van der Waals surface area contributed by atoms with Crippen molar-refractivity contribution in [3.05, 3.63) is 59.7 Å². The maximum atomic E-state index is 13.9. The molecule has 6 saturated carbocycles. The van der Waals surface area contributed by atoms with Crippen molar-refractivity contribution in [2.45, 2.75) is 226 Å². The molecule has 0 atom stereocenters. The molecular weight excluding hydrogens is 895 g/mol.